The Bertz CT molecular complexity index is 1020. The summed E-state index contributed by atoms with van der Waals surface area (Å²) in [5.41, 5.74) is 0.781. The lowest BCUT2D eigenvalue weighted by atomic mass is 10.1. The van der Waals surface area contributed by atoms with E-state index in [1.54, 1.807) is 30.3 Å². The molecule has 1 aliphatic rings. The van der Waals surface area contributed by atoms with Gasteiger partial charge in [0.15, 0.2) is 11.5 Å². The van der Waals surface area contributed by atoms with E-state index in [1.165, 1.54) is 16.4 Å². The van der Waals surface area contributed by atoms with Crippen LogP contribution >= 0.6 is 0 Å². The standard InChI is InChI=1S/C23H30N2O6S/c1-3-5-13-31-21-10-9-18(16-22(21)30-4-2)23(26)24-19-7-6-8-20(17-19)32(27,28)25-11-14-29-15-12-25/h6-10,16-17H,3-5,11-15H2,1-2H3,(H,24,26). The average Bonchev–Trinajstić information content (AvgIpc) is 2.81. The SMILES string of the molecule is CCCCOc1ccc(C(=O)Nc2cccc(S(=O)(=O)N3CCOCC3)c2)cc1OCC. The molecule has 0 atom stereocenters. The maximum absolute atomic E-state index is 12.9. The topological polar surface area (TPSA) is 94.2 Å². The van der Waals surface area contributed by atoms with Crippen molar-refractivity contribution in [1.29, 1.82) is 0 Å². The van der Waals surface area contributed by atoms with E-state index in [1.807, 2.05) is 6.92 Å². The molecule has 3 rings (SSSR count). The minimum atomic E-state index is -3.65. The molecule has 9 heteroatoms. The van der Waals surface area contributed by atoms with Crippen LogP contribution in [-0.2, 0) is 14.8 Å². The summed E-state index contributed by atoms with van der Waals surface area (Å²) >= 11 is 0. The van der Waals surface area contributed by atoms with Gasteiger partial charge in [-0.25, -0.2) is 8.42 Å². The molecule has 174 valence electrons. The van der Waals surface area contributed by atoms with Crippen molar-refractivity contribution in [2.45, 2.75) is 31.6 Å². The van der Waals surface area contributed by atoms with E-state index in [0.29, 0.717) is 62.3 Å². The second-order valence-corrected chi connectivity index (χ2v) is 9.23. The van der Waals surface area contributed by atoms with Crippen LogP contribution in [0.15, 0.2) is 47.4 Å². The lowest BCUT2D eigenvalue weighted by Crippen LogP contribution is -2.40. The molecule has 32 heavy (non-hydrogen) atoms. The predicted molar refractivity (Wildman–Crippen MR) is 122 cm³/mol. The smallest absolute Gasteiger partial charge is 0.255 e. The Morgan fingerprint density at radius 2 is 1.84 bits per heavy atom. The van der Waals surface area contributed by atoms with Crippen molar-refractivity contribution >= 4 is 21.6 Å². The summed E-state index contributed by atoms with van der Waals surface area (Å²) < 4.78 is 43.8. The number of nitrogens with zero attached hydrogens (tertiary/aromatic N) is 1. The summed E-state index contributed by atoms with van der Waals surface area (Å²) in [6.45, 7) is 6.33. The van der Waals surface area contributed by atoms with Crippen LogP contribution in [0.2, 0.25) is 0 Å². The van der Waals surface area contributed by atoms with Crippen LogP contribution in [0.25, 0.3) is 0 Å². The zero-order chi connectivity index (χ0) is 23.0. The highest BCUT2D eigenvalue weighted by Gasteiger charge is 2.26. The van der Waals surface area contributed by atoms with Gasteiger partial charge in [0.05, 0.1) is 31.3 Å². The van der Waals surface area contributed by atoms with Crippen LogP contribution in [0.4, 0.5) is 5.69 Å². The number of ether oxygens (including phenoxy) is 3. The van der Waals surface area contributed by atoms with E-state index in [0.717, 1.165) is 12.8 Å². The van der Waals surface area contributed by atoms with Crippen molar-refractivity contribution in [3.8, 4) is 11.5 Å². The Hall–Kier alpha value is -2.62. The van der Waals surface area contributed by atoms with Gasteiger partial charge >= 0.3 is 0 Å². The lowest BCUT2D eigenvalue weighted by Gasteiger charge is -2.26. The van der Waals surface area contributed by atoms with Gasteiger partial charge < -0.3 is 19.5 Å². The first-order chi connectivity index (χ1) is 15.5. The summed E-state index contributed by atoms with van der Waals surface area (Å²) in [5, 5.41) is 2.77. The quantitative estimate of drug-likeness (QED) is 0.543. The number of sulfonamides is 1. The zero-order valence-electron chi connectivity index (χ0n) is 18.5. The number of amides is 1. The minimum Gasteiger partial charge on any atom is -0.490 e. The lowest BCUT2D eigenvalue weighted by molar-refractivity contribution is 0.0730. The Balaban J connectivity index is 1.75. The third-order valence-electron chi connectivity index (χ3n) is 4.96. The third kappa shape index (κ3) is 5.99. The molecular formula is C23H30N2O6S. The fraction of sp³-hybridized carbons (Fsp3) is 0.435. The molecule has 8 nitrogen and oxygen atoms in total. The van der Waals surface area contributed by atoms with Crippen molar-refractivity contribution < 1.29 is 27.4 Å². The van der Waals surface area contributed by atoms with Crippen LogP contribution in [0, 0.1) is 0 Å². The molecular weight excluding hydrogens is 432 g/mol. The number of carbonyl (C=O) groups is 1. The van der Waals surface area contributed by atoms with Crippen molar-refractivity contribution in [3.05, 3.63) is 48.0 Å². The molecule has 2 aromatic rings. The Morgan fingerprint density at radius 3 is 2.56 bits per heavy atom. The molecule has 0 aliphatic carbocycles. The second-order valence-electron chi connectivity index (χ2n) is 7.29. The van der Waals surface area contributed by atoms with Gasteiger partial charge in [0.25, 0.3) is 5.91 Å². The van der Waals surface area contributed by atoms with Crippen molar-refractivity contribution in [1.82, 2.24) is 4.31 Å². The van der Waals surface area contributed by atoms with E-state index in [-0.39, 0.29) is 10.8 Å². The fourth-order valence-corrected chi connectivity index (χ4v) is 4.69. The van der Waals surface area contributed by atoms with Gasteiger partial charge in [-0.3, -0.25) is 4.79 Å². The summed E-state index contributed by atoms with van der Waals surface area (Å²) in [6.07, 6.45) is 1.95. The van der Waals surface area contributed by atoms with E-state index < -0.39 is 10.0 Å². The molecule has 0 bridgehead atoms. The monoisotopic (exact) mass is 462 g/mol. The van der Waals surface area contributed by atoms with Crippen molar-refractivity contribution in [2.75, 3.05) is 44.8 Å². The summed E-state index contributed by atoms with van der Waals surface area (Å²) in [6, 6.07) is 11.3. The maximum Gasteiger partial charge on any atom is 0.255 e. The van der Waals surface area contributed by atoms with Gasteiger partial charge in [-0.05, 0) is 49.7 Å². The highest BCUT2D eigenvalue weighted by molar-refractivity contribution is 7.89. The largest absolute Gasteiger partial charge is 0.490 e. The van der Waals surface area contributed by atoms with Gasteiger partial charge in [0, 0.05) is 24.3 Å². The first kappa shape index (κ1) is 24.0. The number of hydrogen-bond acceptors (Lipinski definition) is 6. The van der Waals surface area contributed by atoms with Gasteiger partial charge in [-0.15, -0.1) is 0 Å². The highest BCUT2D eigenvalue weighted by Crippen LogP contribution is 2.29. The molecule has 0 saturated carbocycles. The molecule has 1 amide bonds. The number of carbonyl (C=O) groups excluding carboxylic acids is 1. The molecule has 1 saturated heterocycles. The van der Waals surface area contributed by atoms with Gasteiger partial charge in [-0.2, -0.15) is 4.31 Å². The number of unbranched alkanes of at least 4 members (excludes halogenated alkanes) is 1. The Kier molecular flexibility index (Phi) is 8.49. The molecule has 0 aromatic heterocycles. The second kappa shape index (κ2) is 11.3. The fourth-order valence-electron chi connectivity index (χ4n) is 3.24. The van der Waals surface area contributed by atoms with Crippen LogP contribution in [-0.4, -0.2) is 58.1 Å². The first-order valence-electron chi connectivity index (χ1n) is 10.8. The minimum absolute atomic E-state index is 0.131. The molecule has 0 radical (unpaired) electrons. The molecule has 1 heterocycles. The van der Waals surface area contributed by atoms with Crippen LogP contribution < -0.4 is 14.8 Å². The number of rotatable bonds is 10. The Morgan fingerprint density at radius 1 is 1.06 bits per heavy atom. The average molecular weight is 463 g/mol. The molecule has 0 spiro atoms. The Labute approximate surface area is 189 Å². The number of anilines is 1. The van der Waals surface area contributed by atoms with Crippen LogP contribution in [0.1, 0.15) is 37.0 Å². The number of benzene rings is 2. The van der Waals surface area contributed by atoms with Crippen LogP contribution in [0.5, 0.6) is 11.5 Å². The van der Waals surface area contributed by atoms with Gasteiger partial charge in [-0.1, -0.05) is 19.4 Å². The highest BCUT2D eigenvalue weighted by atomic mass is 32.2. The number of nitrogens with one attached hydrogen (secondary N) is 1. The molecule has 0 unspecified atom stereocenters. The van der Waals surface area contributed by atoms with E-state index in [2.05, 4.69) is 12.2 Å². The third-order valence-corrected chi connectivity index (χ3v) is 6.86. The molecule has 1 fully saturated rings. The summed E-state index contributed by atoms with van der Waals surface area (Å²) in [4.78, 5) is 13.0. The molecule has 1 aliphatic heterocycles. The summed E-state index contributed by atoms with van der Waals surface area (Å²) in [5.74, 6) is 0.724. The first-order valence-corrected chi connectivity index (χ1v) is 12.3. The number of morpholine rings is 1. The van der Waals surface area contributed by atoms with Crippen LogP contribution in [0.3, 0.4) is 0 Å². The predicted octanol–water partition coefficient (Wildman–Crippen LogP) is 3.54. The van der Waals surface area contributed by atoms with E-state index in [4.69, 9.17) is 14.2 Å². The normalized spacial score (nSPS) is 14.7. The zero-order valence-corrected chi connectivity index (χ0v) is 19.3. The van der Waals surface area contributed by atoms with Gasteiger partial charge in [0.1, 0.15) is 0 Å². The summed E-state index contributed by atoms with van der Waals surface area (Å²) in [7, 11) is -3.65. The molecule has 2 aromatic carbocycles. The van der Waals surface area contributed by atoms with E-state index >= 15 is 0 Å². The van der Waals surface area contributed by atoms with Gasteiger partial charge in [0.2, 0.25) is 10.0 Å². The molecule has 1 N–H and O–H groups in total. The number of hydrogen-bond donors (Lipinski definition) is 1. The van der Waals surface area contributed by atoms with Crippen molar-refractivity contribution in [3.63, 3.8) is 0 Å². The van der Waals surface area contributed by atoms with Crippen molar-refractivity contribution in [2.24, 2.45) is 0 Å². The van der Waals surface area contributed by atoms with E-state index in [9.17, 15) is 13.2 Å². The maximum atomic E-state index is 12.9.